The molecule has 94 valence electrons. The Labute approximate surface area is 105 Å². The average Bonchev–Trinajstić information content (AvgIpc) is 2.40. The van der Waals surface area contributed by atoms with Crippen LogP contribution in [0, 0.1) is 0 Å². The number of carbonyl (C=O) groups is 2. The molecule has 1 N–H and O–H groups in total. The molecule has 2 rings (SSSR count). The van der Waals surface area contributed by atoms with Gasteiger partial charge in [-0.05, 0) is 17.7 Å². The predicted molar refractivity (Wildman–Crippen MR) is 65.5 cm³/mol. The minimum absolute atomic E-state index is 0.0688. The zero-order chi connectivity index (χ0) is 13.0. The quantitative estimate of drug-likeness (QED) is 0.833. The summed E-state index contributed by atoms with van der Waals surface area (Å²) in [6, 6.07) is 3.66. The molecule has 2 heterocycles. The highest BCUT2D eigenvalue weighted by atomic mass is 16.2. The molecule has 0 fully saturated rings. The second-order valence-corrected chi connectivity index (χ2v) is 4.00. The smallest absolute Gasteiger partial charge is 0.267 e. The van der Waals surface area contributed by atoms with E-state index in [1.807, 2.05) is 12.1 Å². The lowest BCUT2D eigenvalue weighted by Gasteiger charge is -2.18. The highest BCUT2D eigenvalue weighted by Crippen LogP contribution is 2.07. The molecule has 0 unspecified atom stereocenters. The van der Waals surface area contributed by atoms with Crippen molar-refractivity contribution in [2.75, 3.05) is 7.05 Å². The summed E-state index contributed by atoms with van der Waals surface area (Å²) >= 11 is 0. The fraction of sp³-hybridized carbons (Fsp3) is 0.333. The van der Waals surface area contributed by atoms with Crippen LogP contribution in [0.5, 0.6) is 0 Å². The Hall–Kier alpha value is -2.24. The number of hydrogen-bond acceptors (Lipinski definition) is 4. The molecule has 0 radical (unpaired) electrons. The Morgan fingerprint density at radius 3 is 2.78 bits per heavy atom. The molecule has 0 saturated heterocycles. The van der Waals surface area contributed by atoms with Crippen molar-refractivity contribution in [2.45, 2.75) is 19.4 Å². The van der Waals surface area contributed by atoms with Gasteiger partial charge < -0.3 is 5.32 Å². The third-order valence-corrected chi connectivity index (χ3v) is 2.67. The molecule has 6 nitrogen and oxygen atoms in total. The number of rotatable bonds is 3. The standard InChI is InChI=1S/C12H14N4O2/c1-16-11(17)3-2-10(15-16)12(18)14-8-9-4-6-13-7-5-9/h4-7H,2-3,8H2,1H3,(H,14,18). The van der Waals surface area contributed by atoms with E-state index in [1.54, 1.807) is 19.4 Å². The molecule has 1 aromatic heterocycles. The Morgan fingerprint density at radius 1 is 1.39 bits per heavy atom. The number of pyridine rings is 1. The number of amides is 2. The van der Waals surface area contributed by atoms with Crippen LogP contribution in [0.1, 0.15) is 18.4 Å². The van der Waals surface area contributed by atoms with E-state index >= 15 is 0 Å². The Morgan fingerprint density at radius 2 is 2.11 bits per heavy atom. The molecular formula is C12H14N4O2. The summed E-state index contributed by atoms with van der Waals surface area (Å²) in [6.07, 6.45) is 4.07. The molecule has 0 aromatic carbocycles. The summed E-state index contributed by atoms with van der Waals surface area (Å²) in [5, 5.41) is 7.93. The van der Waals surface area contributed by atoms with Crippen molar-refractivity contribution in [3.63, 3.8) is 0 Å². The summed E-state index contributed by atoms with van der Waals surface area (Å²) in [5.74, 6) is -0.299. The van der Waals surface area contributed by atoms with E-state index in [4.69, 9.17) is 0 Å². The van der Waals surface area contributed by atoms with Crippen molar-refractivity contribution in [2.24, 2.45) is 5.10 Å². The molecule has 2 amide bonds. The van der Waals surface area contributed by atoms with Gasteiger partial charge in [-0.3, -0.25) is 14.6 Å². The zero-order valence-electron chi connectivity index (χ0n) is 10.1. The van der Waals surface area contributed by atoms with Crippen LogP contribution in [-0.2, 0) is 16.1 Å². The molecule has 0 aliphatic carbocycles. The van der Waals surface area contributed by atoms with E-state index in [-0.39, 0.29) is 11.8 Å². The third-order valence-electron chi connectivity index (χ3n) is 2.67. The second-order valence-electron chi connectivity index (χ2n) is 4.00. The van der Waals surface area contributed by atoms with E-state index in [2.05, 4.69) is 15.4 Å². The summed E-state index contributed by atoms with van der Waals surface area (Å²) in [4.78, 5) is 26.9. The first-order chi connectivity index (χ1) is 8.66. The molecular weight excluding hydrogens is 232 g/mol. The van der Waals surface area contributed by atoms with Gasteiger partial charge in [-0.1, -0.05) is 0 Å². The number of carbonyl (C=O) groups excluding carboxylic acids is 2. The molecule has 0 atom stereocenters. The first kappa shape index (κ1) is 12.2. The second kappa shape index (κ2) is 5.39. The number of nitrogens with one attached hydrogen (secondary N) is 1. The molecule has 1 aliphatic rings. The topological polar surface area (TPSA) is 74.7 Å². The van der Waals surface area contributed by atoms with Gasteiger partial charge in [0.2, 0.25) is 5.91 Å². The highest BCUT2D eigenvalue weighted by Gasteiger charge is 2.21. The van der Waals surface area contributed by atoms with E-state index in [0.29, 0.717) is 25.1 Å². The van der Waals surface area contributed by atoms with Gasteiger partial charge in [-0.15, -0.1) is 0 Å². The summed E-state index contributed by atoms with van der Waals surface area (Å²) in [5.41, 5.74) is 1.37. The summed E-state index contributed by atoms with van der Waals surface area (Å²) in [7, 11) is 1.55. The first-order valence-electron chi connectivity index (χ1n) is 5.68. The van der Waals surface area contributed by atoms with Crippen LogP contribution in [0.3, 0.4) is 0 Å². The molecule has 1 aliphatic heterocycles. The molecule has 18 heavy (non-hydrogen) atoms. The molecule has 0 saturated carbocycles. The maximum atomic E-state index is 11.8. The van der Waals surface area contributed by atoms with E-state index in [0.717, 1.165) is 5.56 Å². The number of nitrogens with zero attached hydrogens (tertiary/aromatic N) is 3. The Balaban J connectivity index is 1.93. The van der Waals surface area contributed by atoms with Gasteiger partial charge in [0.1, 0.15) is 5.71 Å². The van der Waals surface area contributed by atoms with Crippen LogP contribution >= 0.6 is 0 Å². The van der Waals surface area contributed by atoms with Crippen LogP contribution in [0.2, 0.25) is 0 Å². The minimum Gasteiger partial charge on any atom is -0.347 e. The maximum Gasteiger partial charge on any atom is 0.267 e. The van der Waals surface area contributed by atoms with Crippen molar-refractivity contribution in [3.05, 3.63) is 30.1 Å². The lowest BCUT2D eigenvalue weighted by atomic mass is 10.1. The van der Waals surface area contributed by atoms with Crippen LogP contribution in [0.25, 0.3) is 0 Å². The van der Waals surface area contributed by atoms with Gasteiger partial charge in [0, 0.05) is 38.8 Å². The van der Waals surface area contributed by atoms with Gasteiger partial charge >= 0.3 is 0 Å². The van der Waals surface area contributed by atoms with Gasteiger partial charge in [0.05, 0.1) is 0 Å². The zero-order valence-corrected chi connectivity index (χ0v) is 10.1. The van der Waals surface area contributed by atoms with Gasteiger partial charge in [-0.2, -0.15) is 5.10 Å². The van der Waals surface area contributed by atoms with E-state index in [9.17, 15) is 9.59 Å². The lowest BCUT2D eigenvalue weighted by molar-refractivity contribution is -0.130. The summed E-state index contributed by atoms with van der Waals surface area (Å²) < 4.78 is 0. The molecule has 0 spiro atoms. The average molecular weight is 246 g/mol. The first-order valence-corrected chi connectivity index (χ1v) is 5.68. The molecule has 0 bridgehead atoms. The highest BCUT2D eigenvalue weighted by molar-refractivity contribution is 6.39. The predicted octanol–water partition coefficient (Wildman–Crippen LogP) is 0.306. The normalized spacial score (nSPS) is 15.3. The van der Waals surface area contributed by atoms with Crippen molar-refractivity contribution in [3.8, 4) is 0 Å². The van der Waals surface area contributed by atoms with Crippen molar-refractivity contribution >= 4 is 17.5 Å². The number of aromatic nitrogens is 1. The summed E-state index contributed by atoms with van der Waals surface area (Å²) in [6.45, 7) is 0.429. The third kappa shape index (κ3) is 2.91. The lowest BCUT2D eigenvalue weighted by Crippen LogP contribution is -2.37. The Bertz CT molecular complexity index is 484. The number of hydrazone groups is 1. The van der Waals surface area contributed by atoms with E-state index in [1.165, 1.54) is 5.01 Å². The van der Waals surface area contributed by atoms with Gasteiger partial charge in [-0.25, -0.2) is 5.01 Å². The maximum absolute atomic E-state index is 11.8. The monoisotopic (exact) mass is 246 g/mol. The fourth-order valence-corrected chi connectivity index (χ4v) is 1.62. The van der Waals surface area contributed by atoms with Gasteiger partial charge in [0.25, 0.3) is 5.91 Å². The molecule has 6 heteroatoms. The van der Waals surface area contributed by atoms with Crippen molar-refractivity contribution < 1.29 is 9.59 Å². The number of hydrogen-bond donors (Lipinski definition) is 1. The van der Waals surface area contributed by atoms with Crippen LogP contribution < -0.4 is 5.32 Å². The molecule has 1 aromatic rings. The van der Waals surface area contributed by atoms with Crippen LogP contribution in [0.4, 0.5) is 0 Å². The minimum atomic E-state index is -0.230. The van der Waals surface area contributed by atoms with E-state index < -0.39 is 0 Å². The van der Waals surface area contributed by atoms with Gasteiger partial charge in [0.15, 0.2) is 0 Å². The van der Waals surface area contributed by atoms with Crippen LogP contribution in [0.15, 0.2) is 29.6 Å². The van der Waals surface area contributed by atoms with Crippen molar-refractivity contribution in [1.29, 1.82) is 0 Å². The van der Waals surface area contributed by atoms with Crippen LogP contribution in [-0.4, -0.2) is 34.6 Å². The van der Waals surface area contributed by atoms with Crippen molar-refractivity contribution in [1.82, 2.24) is 15.3 Å². The Kier molecular flexibility index (Phi) is 3.66. The largest absolute Gasteiger partial charge is 0.347 e. The fourth-order valence-electron chi connectivity index (χ4n) is 1.62. The SMILES string of the molecule is CN1N=C(C(=O)NCc2ccncc2)CCC1=O.